The van der Waals surface area contributed by atoms with Gasteiger partial charge in [-0.1, -0.05) is 61.4 Å². The van der Waals surface area contributed by atoms with Crippen LogP contribution >= 0.6 is 0 Å². The molecule has 0 spiro atoms. The first kappa shape index (κ1) is 19.5. The van der Waals surface area contributed by atoms with Crippen LogP contribution in [0.25, 0.3) is 11.2 Å². The zero-order valence-electron chi connectivity index (χ0n) is 17.1. The molecule has 0 radical (unpaired) electrons. The highest BCUT2D eigenvalue weighted by Crippen LogP contribution is 2.31. The third kappa shape index (κ3) is 3.50. The van der Waals surface area contributed by atoms with E-state index in [1.807, 2.05) is 34.9 Å². The molecular formula is C24H23FN4O2. The van der Waals surface area contributed by atoms with E-state index in [1.54, 1.807) is 24.5 Å². The number of aromatic nitrogens is 4. The van der Waals surface area contributed by atoms with E-state index in [4.69, 9.17) is 0 Å². The Morgan fingerprint density at radius 2 is 1.61 bits per heavy atom. The topological polar surface area (TPSA) is 61.8 Å². The summed E-state index contributed by atoms with van der Waals surface area (Å²) in [5.41, 5.74) is 1.13. The molecule has 1 fully saturated rings. The second-order valence-corrected chi connectivity index (χ2v) is 8.10. The Labute approximate surface area is 178 Å². The Kier molecular flexibility index (Phi) is 5.02. The predicted molar refractivity (Wildman–Crippen MR) is 117 cm³/mol. The predicted octanol–water partition coefficient (Wildman–Crippen LogP) is 3.71. The van der Waals surface area contributed by atoms with Gasteiger partial charge in [0, 0.05) is 11.6 Å². The number of hydrogen-bond donors (Lipinski definition) is 0. The van der Waals surface area contributed by atoms with Crippen LogP contribution in [0, 0.1) is 5.82 Å². The number of hydrogen-bond acceptors (Lipinski definition) is 3. The number of rotatable bonds is 5. The van der Waals surface area contributed by atoms with E-state index in [1.165, 1.54) is 10.6 Å². The van der Waals surface area contributed by atoms with Crippen LogP contribution in [0.4, 0.5) is 4.39 Å². The molecule has 158 valence electrons. The molecule has 4 aromatic rings. The van der Waals surface area contributed by atoms with Crippen LogP contribution in [0.1, 0.15) is 42.9 Å². The Morgan fingerprint density at radius 3 is 2.35 bits per heavy atom. The second-order valence-electron chi connectivity index (χ2n) is 8.10. The fourth-order valence-electron chi connectivity index (χ4n) is 4.51. The van der Waals surface area contributed by atoms with Gasteiger partial charge in [-0.3, -0.25) is 13.9 Å². The molecule has 1 aliphatic carbocycles. The number of benzene rings is 2. The van der Waals surface area contributed by atoms with Gasteiger partial charge < -0.3 is 4.57 Å². The van der Waals surface area contributed by atoms with Crippen molar-refractivity contribution < 1.29 is 4.39 Å². The summed E-state index contributed by atoms with van der Waals surface area (Å²) in [6.45, 7) is 0.167. The molecule has 0 amide bonds. The lowest BCUT2D eigenvalue weighted by Gasteiger charge is -2.15. The molecule has 0 N–H and O–H groups in total. The molecule has 6 nitrogen and oxygen atoms in total. The summed E-state index contributed by atoms with van der Waals surface area (Å²) < 4.78 is 18.9. The van der Waals surface area contributed by atoms with Gasteiger partial charge in [-0.05, 0) is 24.5 Å². The monoisotopic (exact) mass is 418 g/mol. The van der Waals surface area contributed by atoms with Gasteiger partial charge in [0.25, 0.3) is 5.56 Å². The summed E-state index contributed by atoms with van der Waals surface area (Å²) in [4.78, 5) is 31.4. The lowest BCUT2D eigenvalue weighted by Crippen LogP contribution is -2.41. The fraction of sp³-hybridized carbons (Fsp3) is 0.292. The standard InChI is InChI=1S/C24H23FN4O2/c25-20-13-7-4-10-18(20)15-28-23(30)21-22(26-16-29(21)19-11-5-6-12-19)27(24(28)31)14-17-8-2-1-3-9-17/h1-4,7-10,13,16,19H,5-6,11-12,14-15H2. The lowest BCUT2D eigenvalue weighted by molar-refractivity contribution is 0.526. The Bertz CT molecular complexity index is 1350. The van der Waals surface area contributed by atoms with Crippen LogP contribution in [-0.2, 0) is 13.1 Å². The van der Waals surface area contributed by atoms with Crippen molar-refractivity contribution in [2.24, 2.45) is 0 Å². The number of halogens is 1. The minimum atomic E-state index is -0.485. The summed E-state index contributed by atoms with van der Waals surface area (Å²) in [7, 11) is 0. The first-order chi connectivity index (χ1) is 15.1. The first-order valence-corrected chi connectivity index (χ1v) is 10.6. The Hall–Kier alpha value is -3.48. The molecule has 0 atom stereocenters. The van der Waals surface area contributed by atoms with Gasteiger partial charge in [-0.15, -0.1) is 0 Å². The van der Waals surface area contributed by atoms with E-state index >= 15 is 0 Å². The van der Waals surface area contributed by atoms with Gasteiger partial charge in [0.2, 0.25) is 0 Å². The van der Waals surface area contributed by atoms with Crippen molar-refractivity contribution in [1.29, 1.82) is 0 Å². The molecule has 0 bridgehead atoms. The largest absolute Gasteiger partial charge is 0.333 e. The zero-order chi connectivity index (χ0) is 21.4. The maximum atomic E-state index is 14.3. The second kappa shape index (κ2) is 7.98. The minimum Gasteiger partial charge on any atom is -0.322 e. The van der Waals surface area contributed by atoms with Crippen molar-refractivity contribution in [2.45, 2.75) is 44.8 Å². The van der Waals surface area contributed by atoms with Crippen LogP contribution in [0.3, 0.4) is 0 Å². The molecule has 0 unspecified atom stereocenters. The third-order valence-corrected chi connectivity index (χ3v) is 6.13. The lowest BCUT2D eigenvalue weighted by atomic mass is 10.2. The molecule has 2 aromatic heterocycles. The van der Waals surface area contributed by atoms with Crippen molar-refractivity contribution in [1.82, 2.24) is 18.7 Å². The molecular weight excluding hydrogens is 395 g/mol. The summed E-state index contributed by atoms with van der Waals surface area (Å²) in [6.07, 6.45) is 5.86. The Balaban J connectivity index is 1.73. The fourth-order valence-corrected chi connectivity index (χ4v) is 4.51. The van der Waals surface area contributed by atoms with Crippen molar-refractivity contribution in [3.05, 3.63) is 98.7 Å². The first-order valence-electron chi connectivity index (χ1n) is 10.6. The van der Waals surface area contributed by atoms with Gasteiger partial charge in [0.15, 0.2) is 11.2 Å². The van der Waals surface area contributed by atoms with Crippen molar-refractivity contribution in [3.63, 3.8) is 0 Å². The van der Waals surface area contributed by atoms with Gasteiger partial charge in [0.05, 0.1) is 19.4 Å². The quantitative estimate of drug-likeness (QED) is 0.496. The van der Waals surface area contributed by atoms with Gasteiger partial charge in [0.1, 0.15) is 5.82 Å². The summed E-state index contributed by atoms with van der Waals surface area (Å²) in [6, 6.07) is 16.0. The molecule has 2 aromatic carbocycles. The van der Waals surface area contributed by atoms with E-state index in [-0.39, 0.29) is 19.1 Å². The molecule has 0 aliphatic heterocycles. The van der Waals surface area contributed by atoms with Crippen LogP contribution in [0.2, 0.25) is 0 Å². The highest BCUT2D eigenvalue weighted by Gasteiger charge is 2.24. The van der Waals surface area contributed by atoms with Crippen LogP contribution < -0.4 is 11.2 Å². The highest BCUT2D eigenvalue weighted by molar-refractivity contribution is 5.70. The van der Waals surface area contributed by atoms with Gasteiger partial charge in [-0.2, -0.15) is 0 Å². The summed E-state index contributed by atoms with van der Waals surface area (Å²) in [5, 5.41) is 0. The molecule has 7 heteroatoms. The summed E-state index contributed by atoms with van der Waals surface area (Å²) >= 11 is 0. The van der Waals surface area contributed by atoms with Crippen molar-refractivity contribution >= 4 is 11.2 Å². The normalized spacial score (nSPS) is 14.5. The van der Waals surface area contributed by atoms with Gasteiger partial charge in [-0.25, -0.2) is 14.2 Å². The Morgan fingerprint density at radius 1 is 0.903 bits per heavy atom. The van der Waals surface area contributed by atoms with E-state index < -0.39 is 17.1 Å². The average Bonchev–Trinajstić information content (AvgIpc) is 3.46. The maximum Gasteiger partial charge on any atom is 0.333 e. The third-order valence-electron chi connectivity index (χ3n) is 6.13. The number of imidazole rings is 1. The molecule has 1 aliphatic rings. The minimum absolute atomic E-state index is 0.120. The van der Waals surface area contributed by atoms with E-state index in [0.717, 1.165) is 35.8 Å². The van der Waals surface area contributed by atoms with Crippen LogP contribution in [0.5, 0.6) is 0 Å². The molecule has 5 rings (SSSR count). The maximum absolute atomic E-state index is 14.3. The highest BCUT2D eigenvalue weighted by atomic mass is 19.1. The zero-order valence-corrected chi connectivity index (χ0v) is 17.1. The SMILES string of the molecule is O=c1c2c(ncn2C2CCCC2)n(Cc2ccccc2)c(=O)n1Cc1ccccc1F. The molecule has 1 saturated carbocycles. The van der Waals surface area contributed by atoms with E-state index in [0.29, 0.717) is 16.7 Å². The van der Waals surface area contributed by atoms with Crippen molar-refractivity contribution in [2.75, 3.05) is 0 Å². The number of fused-ring (bicyclic) bond motifs is 1. The number of nitrogens with zero attached hydrogens (tertiary/aromatic N) is 4. The van der Waals surface area contributed by atoms with E-state index in [9.17, 15) is 14.0 Å². The van der Waals surface area contributed by atoms with Crippen molar-refractivity contribution in [3.8, 4) is 0 Å². The summed E-state index contributed by atoms with van der Waals surface area (Å²) in [5.74, 6) is -0.437. The van der Waals surface area contributed by atoms with Crippen LogP contribution in [0.15, 0.2) is 70.5 Å². The van der Waals surface area contributed by atoms with Crippen LogP contribution in [-0.4, -0.2) is 18.7 Å². The van der Waals surface area contributed by atoms with Gasteiger partial charge >= 0.3 is 5.69 Å². The smallest absolute Gasteiger partial charge is 0.322 e. The molecule has 2 heterocycles. The average molecular weight is 418 g/mol. The molecule has 0 saturated heterocycles. The molecule has 31 heavy (non-hydrogen) atoms. The van der Waals surface area contributed by atoms with E-state index in [2.05, 4.69) is 4.98 Å².